The fourth-order valence-corrected chi connectivity index (χ4v) is 3.47. The number of carbonyl (C=O) groups excluding carboxylic acids is 1. The summed E-state index contributed by atoms with van der Waals surface area (Å²) in [6.45, 7) is 6.46. The molecule has 0 radical (unpaired) electrons. The molecule has 30 heavy (non-hydrogen) atoms. The van der Waals surface area contributed by atoms with E-state index >= 15 is 0 Å². The highest BCUT2D eigenvalue weighted by Gasteiger charge is 2.15. The summed E-state index contributed by atoms with van der Waals surface area (Å²) in [5, 5.41) is 7.42. The molecule has 4 aromatic rings. The van der Waals surface area contributed by atoms with Crippen LogP contribution in [0.5, 0.6) is 0 Å². The summed E-state index contributed by atoms with van der Waals surface area (Å²) < 4.78 is 21.5. The molecular weight excluding hydrogens is 383 g/mol. The fourth-order valence-electron chi connectivity index (χ4n) is 3.47. The minimum absolute atomic E-state index is 0.0995. The highest BCUT2D eigenvalue weighted by molar-refractivity contribution is 5.97. The second-order valence-corrected chi connectivity index (χ2v) is 7.54. The van der Waals surface area contributed by atoms with Crippen molar-refractivity contribution in [2.45, 2.75) is 39.8 Å². The zero-order valence-corrected chi connectivity index (χ0v) is 17.1. The second-order valence-electron chi connectivity index (χ2n) is 7.54. The van der Waals surface area contributed by atoms with E-state index in [1.54, 1.807) is 36.4 Å². The van der Waals surface area contributed by atoms with Crippen molar-refractivity contribution in [3.05, 3.63) is 82.8 Å². The summed E-state index contributed by atoms with van der Waals surface area (Å²) in [6, 6.07) is 13.6. The van der Waals surface area contributed by atoms with Gasteiger partial charge in [-0.15, -0.1) is 0 Å². The normalized spacial score (nSPS) is 12.3. The summed E-state index contributed by atoms with van der Waals surface area (Å²) in [5.41, 5.74) is 4.14. The highest BCUT2D eigenvalue weighted by atomic mass is 19.1. The quantitative estimate of drug-likeness (QED) is 0.521. The summed E-state index contributed by atoms with van der Waals surface area (Å²) in [4.78, 5) is 17.1. The van der Waals surface area contributed by atoms with Crippen LogP contribution in [-0.2, 0) is 13.0 Å². The number of aromatic nitrogens is 3. The number of amides is 1. The van der Waals surface area contributed by atoms with E-state index < -0.39 is 0 Å². The van der Waals surface area contributed by atoms with Crippen LogP contribution in [0, 0.1) is 19.7 Å². The number of aryl methyl sites for hydroxylation is 2. The average molecular weight is 406 g/mol. The lowest BCUT2D eigenvalue weighted by atomic mass is 10.1. The minimum atomic E-state index is -0.295. The van der Waals surface area contributed by atoms with E-state index in [2.05, 4.69) is 15.4 Å². The molecule has 2 heterocycles. The summed E-state index contributed by atoms with van der Waals surface area (Å²) in [5.74, 6) is -0.0834. The van der Waals surface area contributed by atoms with E-state index in [9.17, 15) is 9.18 Å². The molecule has 0 unspecified atom stereocenters. The first-order chi connectivity index (χ1) is 14.4. The van der Waals surface area contributed by atoms with E-state index in [4.69, 9.17) is 4.42 Å². The molecule has 154 valence electrons. The Balaban J connectivity index is 1.46. The number of nitrogens with one attached hydrogen (secondary N) is 1. The van der Waals surface area contributed by atoms with Gasteiger partial charge in [0, 0.05) is 17.3 Å². The van der Waals surface area contributed by atoms with Gasteiger partial charge in [0.1, 0.15) is 11.3 Å². The van der Waals surface area contributed by atoms with Gasteiger partial charge in [0.05, 0.1) is 18.7 Å². The Morgan fingerprint density at radius 1 is 1.20 bits per heavy atom. The minimum Gasteiger partial charge on any atom is -0.440 e. The van der Waals surface area contributed by atoms with Crippen LogP contribution in [0.3, 0.4) is 0 Å². The van der Waals surface area contributed by atoms with Crippen molar-refractivity contribution in [3.8, 4) is 0 Å². The average Bonchev–Trinajstić information content (AvgIpc) is 3.24. The van der Waals surface area contributed by atoms with Crippen LogP contribution in [0.15, 0.2) is 52.9 Å². The SMILES string of the molecule is Cc1cc(C)n(C[C@H](C)NC(=O)c2ccc3nc(Cc4ccccc4F)oc3c2)n1. The Hall–Kier alpha value is -3.48. The van der Waals surface area contributed by atoms with Crippen molar-refractivity contribution < 1.29 is 13.6 Å². The Morgan fingerprint density at radius 3 is 2.73 bits per heavy atom. The molecule has 6 nitrogen and oxygen atoms in total. The topological polar surface area (TPSA) is 73.0 Å². The van der Waals surface area contributed by atoms with Crippen LogP contribution in [0.25, 0.3) is 11.1 Å². The molecule has 7 heteroatoms. The molecule has 0 bridgehead atoms. The van der Waals surface area contributed by atoms with Gasteiger partial charge in [0.2, 0.25) is 0 Å². The Bertz CT molecular complexity index is 1210. The summed E-state index contributed by atoms with van der Waals surface area (Å²) in [6.07, 6.45) is 0.253. The Morgan fingerprint density at radius 2 is 2.00 bits per heavy atom. The maximum absolute atomic E-state index is 13.9. The molecule has 4 rings (SSSR count). The van der Waals surface area contributed by atoms with Gasteiger partial charge < -0.3 is 9.73 Å². The van der Waals surface area contributed by atoms with Crippen LogP contribution in [-0.4, -0.2) is 26.7 Å². The van der Waals surface area contributed by atoms with Gasteiger partial charge in [-0.2, -0.15) is 5.10 Å². The van der Waals surface area contributed by atoms with Crippen LogP contribution in [0.2, 0.25) is 0 Å². The van der Waals surface area contributed by atoms with E-state index in [0.29, 0.717) is 34.7 Å². The maximum Gasteiger partial charge on any atom is 0.251 e. The van der Waals surface area contributed by atoms with E-state index in [1.165, 1.54) is 6.07 Å². The third-order valence-electron chi connectivity index (χ3n) is 4.92. The third kappa shape index (κ3) is 4.25. The molecule has 2 aromatic carbocycles. The van der Waals surface area contributed by atoms with Crippen LogP contribution in [0.1, 0.15) is 40.1 Å². The number of oxazole rings is 1. The van der Waals surface area contributed by atoms with Crippen LogP contribution < -0.4 is 5.32 Å². The van der Waals surface area contributed by atoms with E-state index in [1.807, 2.05) is 31.5 Å². The van der Waals surface area contributed by atoms with Crippen molar-refractivity contribution in [2.75, 3.05) is 0 Å². The van der Waals surface area contributed by atoms with Crippen molar-refractivity contribution in [2.24, 2.45) is 0 Å². The van der Waals surface area contributed by atoms with Crippen LogP contribution >= 0.6 is 0 Å². The van der Waals surface area contributed by atoms with Gasteiger partial charge in [0.15, 0.2) is 11.5 Å². The molecule has 0 fully saturated rings. The van der Waals surface area contributed by atoms with Gasteiger partial charge in [-0.05, 0) is 56.7 Å². The first-order valence-electron chi connectivity index (χ1n) is 9.84. The standard InChI is InChI=1S/C23H23FN4O2/c1-14-10-16(3)28(27-14)13-15(2)25-23(29)18-8-9-20-21(11-18)30-22(26-20)12-17-6-4-5-7-19(17)24/h4-11,15H,12-13H2,1-3H3,(H,25,29)/t15-/m0/s1. The molecular formula is C23H23FN4O2. The van der Waals surface area contributed by atoms with E-state index in [0.717, 1.165) is 11.4 Å². The molecule has 0 aliphatic carbocycles. The van der Waals surface area contributed by atoms with Crippen LogP contribution in [0.4, 0.5) is 4.39 Å². The Kier molecular flexibility index (Phi) is 5.35. The summed E-state index contributed by atoms with van der Waals surface area (Å²) >= 11 is 0. The smallest absolute Gasteiger partial charge is 0.251 e. The van der Waals surface area contributed by atoms with Gasteiger partial charge in [0.25, 0.3) is 5.91 Å². The van der Waals surface area contributed by atoms with Gasteiger partial charge in [-0.3, -0.25) is 9.48 Å². The lowest BCUT2D eigenvalue weighted by molar-refractivity contribution is 0.0936. The lowest BCUT2D eigenvalue weighted by Gasteiger charge is -2.15. The number of hydrogen-bond acceptors (Lipinski definition) is 4. The van der Waals surface area contributed by atoms with E-state index in [-0.39, 0.29) is 24.2 Å². The number of nitrogens with zero attached hydrogens (tertiary/aromatic N) is 3. The summed E-state index contributed by atoms with van der Waals surface area (Å²) in [7, 11) is 0. The maximum atomic E-state index is 13.9. The third-order valence-corrected chi connectivity index (χ3v) is 4.92. The molecule has 0 spiro atoms. The number of halogens is 1. The lowest BCUT2D eigenvalue weighted by Crippen LogP contribution is -2.36. The molecule has 2 aromatic heterocycles. The monoisotopic (exact) mass is 406 g/mol. The Labute approximate surface area is 173 Å². The van der Waals surface area contributed by atoms with Crippen molar-refractivity contribution in [1.82, 2.24) is 20.1 Å². The van der Waals surface area contributed by atoms with Gasteiger partial charge in [-0.1, -0.05) is 18.2 Å². The van der Waals surface area contributed by atoms with Gasteiger partial charge >= 0.3 is 0 Å². The second kappa shape index (κ2) is 8.10. The zero-order chi connectivity index (χ0) is 21.3. The number of carbonyl (C=O) groups is 1. The van der Waals surface area contributed by atoms with Crippen molar-refractivity contribution in [1.29, 1.82) is 0 Å². The molecule has 0 aliphatic rings. The molecule has 1 amide bonds. The number of rotatable bonds is 6. The fraction of sp³-hybridized carbons (Fsp3) is 0.261. The molecule has 0 saturated carbocycles. The first kappa shape index (κ1) is 19.8. The largest absolute Gasteiger partial charge is 0.440 e. The van der Waals surface area contributed by atoms with Crippen molar-refractivity contribution in [3.63, 3.8) is 0 Å². The number of hydrogen-bond donors (Lipinski definition) is 1. The highest BCUT2D eigenvalue weighted by Crippen LogP contribution is 2.20. The number of fused-ring (bicyclic) bond motifs is 1. The number of benzene rings is 2. The van der Waals surface area contributed by atoms with Crippen molar-refractivity contribution >= 4 is 17.0 Å². The van der Waals surface area contributed by atoms with Gasteiger partial charge in [-0.25, -0.2) is 9.37 Å². The predicted octanol–water partition coefficient (Wildman–Crippen LogP) is 4.19. The molecule has 0 saturated heterocycles. The predicted molar refractivity (Wildman–Crippen MR) is 112 cm³/mol. The molecule has 0 aliphatic heterocycles. The zero-order valence-electron chi connectivity index (χ0n) is 17.1. The first-order valence-corrected chi connectivity index (χ1v) is 9.84. The molecule has 1 atom stereocenters. The molecule has 1 N–H and O–H groups in total.